The maximum atomic E-state index is 13.6. The molecule has 0 bridgehead atoms. The fraction of sp³-hybridized carbons (Fsp3) is 0.211. The lowest BCUT2D eigenvalue weighted by Gasteiger charge is -2.10. The minimum atomic E-state index is -0.326. The van der Waals surface area contributed by atoms with E-state index in [1.807, 2.05) is 30.5 Å². The predicted octanol–water partition coefficient (Wildman–Crippen LogP) is 5.03. The summed E-state index contributed by atoms with van der Waals surface area (Å²) in [5.41, 5.74) is 2.21. The molecule has 0 radical (unpaired) electrons. The first-order chi connectivity index (χ1) is 12.2. The molecule has 130 valence electrons. The highest BCUT2D eigenvalue weighted by Gasteiger charge is 2.14. The Hall–Kier alpha value is -2.60. The van der Waals surface area contributed by atoms with E-state index >= 15 is 0 Å². The Bertz CT molecular complexity index is 879. The Labute approximate surface area is 149 Å². The molecular weight excluding hydrogens is 341 g/mol. The molecule has 0 spiro atoms. The summed E-state index contributed by atoms with van der Waals surface area (Å²) >= 11 is 1.48. The summed E-state index contributed by atoms with van der Waals surface area (Å²) in [7, 11) is 3.16. The fourth-order valence-electron chi connectivity index (χ4n) is 2.49. The van der Waals surface area contributed by atoms with Gasteiger partial charge in [-0.3, -0.25) is 0 Å². The highest BCUT2D eigenvalue weighted by atomic mass is 32.1. The molecule has 3 aromatic rings. The predicted molar refractivity (Wildman–Crippen MR) is 97.2 cm³/mol. The summed E-state index contributed by atoms with van der Waals surface area (Å²) in [5, 5.41) is 2.69. The zero-order valence-corrected chi connectivity index (χ0v) is 15.0. The molecule has 1 aromatic heterocycles. The van der Waals surface area contributed by atoms with Gasteiger partial charge in [0.2, 0.25) is 0 Å². The smallest absolute Gasteiger partial charge is 0.161 e. The maximum absolute atomic E-state index is 13.6. The summed E-state index contributed by atoms with van der Waals surface area (Å²) in [4.78, 5) is 4.63. The molecule has 0 aliphatic carbocycles. The van der Waals surface area contributed by atoms with E-state index in [2.05, 4.69) is 4.98 Å². The van der Waals surface area contributed by atoms with Crippen LogP contribution >= 0.6 is 11.3 Å². The number of nitrogens with zero attached hydrogens (tertiary/aromatic N) is 1. The number of thiazole rings is 1. The number of methoxy groups -OCH3 is 2. The van der Waals surface area contributed by atoms with E-state index in [9.17, 15) is 4.39 Å². The maximum Gasteiger partial charge on any atom is 0.161 e. The Kier molecular flexibility index (Phi) is 5.19. The van der Waals surface area contributed by atoms with E-state index in [1.54, 1.807) is 20.3 Å². The number of ether oxygens (including phenoxy) is 3. The quantitative estimate of drug-likeness (QED) is 0.619. The molecule has 0 aliphatic rings. The van der Waals surface area contributed by atoms with Crippen molar-refractivity contribution in [2.45, 2.75) is 6.92 Å². The lowest BCUT2D eigenvalue weighted by Crippen LogP contribution is -1.95. The molecule has 0 amide bonds. The third-order valence-electron chi connectivity index (χ3n) is 3.65. The van der Waals surface area contributed by atoms with Crippen molar-refractivity contribution in [2.75, 3.05) is 20.8 Å². The molecule has 0 saturated heterocycles. The van der Waals surface area contributed by atoms with Crippen molar-refractivity contribution < 1.29 is 18.6 Å². The molecule has 3 rings (SSSR count). The van der Waals surface area contributed by atoms with Crippen LogP contribution in [0.3, 0.4) is 0 Å². The van der Waals surface area contributed by atoms with Crippen molar-refractivity contribution in [1.29, 1.82) is 0 Å². The summed E-state index contributed by atoms with van der Waals surface area (Å²) in [6.45, 7) is 2.49. The van der Waals surface area contributed by atoms with Crippen LogP contribution in [-0.2, 0) is 0 Å². The lowest BCUT2D eigenvalue weighted by molar-refractivity contribution is 0.311. The average Bonchev–Trinajstić information content (AvgIpc) is 3.12. The highest BCUT2D eigenvalue weighted by Crippen LogP contribution is 2.37. The molecule has 2 aromatic carbocycles. The van der Waals surface area contributed by atoms with Gasteiger partial charge in [0.05, 0.1) is 26.5 Å². The molecule has 0 aliphatic heterocycles. The van der Waals surface area contributed by atoms with Gasteiger partial charge < -0.3 is 14.2 Å². The summed E-state index contributed by atoms with van der Waals surface area (Å²) in [6.07, 6.45) is 0. The number of benzene rings is 2. The van der Waals surface area contributed by atoms with Gasteiger partial charge >= 0.3 is 0 Å². The van der Waals surface area contributed by atoms with Gasteiger partial charge in [-0.15, -0.1) is 11.3 Å². The van der Waals surface area contributed by atoms with Gasteiger partial charge in [-0.1, -0.05) is 0 Å². The largest absolute Gasteiger partial charge is 0.496 e. The zero-order chi connectivity index (χ0) is 17.8. The van der Waals surface area contributed by atoms with Crippen molar-refractivity contribution >= 4 is 11.3 Å². The van der Waals surface area contributed by atoms with Crippen LogP contribution in [0, 0.1) is 5.82 Å². The molecule has 0 fully saturated rings. The molecule has 0 saturated carbocycles. The Morgan fingerprint density at radius 3 is 2.48 bits per heavy atom. The second kappa shape index (κ2) is 7.53. The minimum Gasteiger partial charge on any atom is -0.496 e. The molecule has 0 unspecified atom stereocenters. The van der Waals surface area contributed by atoms with Crippen molar-refractivity contribution in [1.82, 2.24) is 4.98 Å². The second-order valence-electron chi connectivity index (χ2n) is 5.18. The van der Waals surface area contributed by atoms with E-state index in [1.165, 1.54) is 23.5 Å². The first kappa shape index (κ1) is 17.2. The number of halogens is 1. The van der Waals surface area contributed by atoms with E-state index in [0.29, 0.717) is 35.1 Å². The Morgan fingerprint density at radius 2 is 1.76 bits per heavy atom. The molecule has 4 nitrogen and oxygen atoms in total. The Balaban J connectivity index is 1.98. The van der Waals surface area contributed by atoms with Gasteiger partial charge in [0, 0.05) is 16.5 Å². The first-order valence-corrected chi connectivity index (χ1v) is 8.65. The van der Waals surface area contributed by atoms with Crippen LogP contribution in [0.15, 0.2) is 41.8 Å². The van der Waals surface area contributed by atoms with E-state index < -0.39 is 0 Å². The van der Waals surface area contributed by atoms with Crippen molar-refractivity contribution in [3.05, 3.63) is 47.6 Å². The van der Waals surface area contributed by atoms with Crippen molar-refractivity contribution in [3.8, 4) is 39.1 Å². The van der Waals surface area contributed by atoms with Gasteiger partial charge in [0.1, 0.15) is 16.6 Å². The van der Waals surface area contributed by atoms with Gasteiger partial charge in [-0.25, -0.2) is 9.37 Å². The summed E-state index contributed by atoms with van der Waals surface area (Å²) in [5.74, 6) is 1.60. The standard InChI is InChI=1S/C19H18FNO3S/c1-4-24-17-7-5-12(9-18(17)23-3)19-21-15(11-25-19)14-10-13(20)6-8-16(14)22-2/h5-11H,4H2,1-3H3. The van der Waals surface area contributed by atoms with Crippen LogP contribution in [0.1, 0.15) is 6.92 Å². The molecule has 6 heteroatoms. The average molecular weight is 359 g/mol. The van der Waals surface area contributed by atoms with Crippen LogP contribution in [0.4, 0.5) is 4.39 Å². The number of rotatable bonds is 6. The van der Waals surface area contributed by atoms with Crippen LogP contribution in [0.2, 0.25) is 0 Å². The van der Waals surface area contributed by atoms with E-state index in [-0.39, 0.29) is 5.82 Å². The third-order valence-corrected chi connectivity index (χ3v) is 4.54. The minimum absolute atomic E-state index is 0.326. The Morgan fingerprint density at radius 1 is 1.00 bits per heavy atom. The van der Waals surface area contributed by atoms with Gasteiger partial charge in [0.15, 0.2) is 11.5 Å². The number of aromatic nitrogens is 1. The monoisotopic (exact) mass is 359 g/mol. The van der Waals surface area contributed by atoms with Crippen LogP contribution in [-0.4, -0.2) is 25.8 Å². The van der Waals surface area contributed by atoms with Crippen molar-refractivity contribution in [3.63, 3.8) is 0 Å². The number of hydrogen-bond acceptors (Lipinski definition) is 5. The topological polar surface area (TPSA) is 40.6 Å². The van der Waals surface area contributed by atoms with Crippen LogP contribution < -0.4 is 14.2 Å². The lowest BCUT2D eigenvalue weighted by atomic mass is 10.1. The second-order valence-corrected chi connectivity index (χ2v) is 6.04. The molecular formula is C19H18FNO3S. The van der Waals surface area contributed by atoms with E-state index in [0.717, 1.165) is 10.6 Å². The normalized spacial score (nSPS) is 10.6. The SMILES string of the molecule is CCOc1ccc(-c2nc(-c3cc(F)ccc3OC)cs2)cc1OC. The van der Waals surface area contributed by atoms with Crippen LogP contribution in [0.25, 0.3) is 21.8 Å². The zero-order valence-electron chi connectivity index (χ0n) is 14.2. The summed E-state index contributed by atoms with van der Waals surface area (Å²) in [6, 6.07) is 10.1. The highest BCUT2D eigenvalue weighted by molar-refractivity contribution is 7.13. The molecule has 1 heterocycles. The van der Waals surface area contributed by atoms with Gasteiger partial charge in [-0.05, 0) is 43.3 Å². The fourth-order valence-corrected chi connectivity index (χ4v) is 3.30. The van der Waals surface area contributed by atoms with Gasteiger partial charge in [-0.2, -0.15) is 0 Å². The third kappa shape index (κ3) is 3.58. The summed E-state index contributed by atoms with van der Waals surface area (Å²) < 4.78 is 29.8. The van der Waals surface area contributed by atoms with Gasteiger partial charge in [0.25, 0.3) is 0 Å². The van der Waals surface area contributed by atoms with Crippen molar-refractivity contribution in [2.24, 2.45) is 0 Å². The molecule has 25 heavy (non-hydrogen) atoms. The number of hydrogen-bond donors (Lipinski definition) is 0. The molecule has 0 atom stereocenters. The molecule has 0 N–H and O–H groups in total. The van der Waals surface area contributed by atoms with Crippen LogP contribution in [0.5, 0.6) is 17.2 Å². The van der Waals surface area contributed by atoms with E-state index in [4.69, 9.17) is 14.2 Å². The first-order valence-electron chi connectivity index (χ1n) is 7.77.